The number of allylic oxidation sites excluding steroid dienone is 2. The average Bonchev–Trinajstić information content (AvgIpc) is 1.95. The predicted octanol–water partition coefficient (Wildman–Crippen LogP) is 1.64. The van der Waals surface area contributed by atoms with Crippen LogP contribution in [0.3, 0.4) is 0 Å². The van der Waals surface area contributed by atoms with E-state index in [1.165, 1.54) is 7.11 Å². The van der Waals surface area contributed by atoms with Crippen LogP contribution in [0, 0.1) is 0 Å². The van der Waals surface area contributed by atoms with E-state index in [4.69, 9.17) is 14.9 Å². The van der Waals surface area contributed by atoms with E-state index in [-0.39, 0.29) is 11.5 Å². The van der Waals surface area contributed by atoms with Gasteiger partial charge < -0.3 is 14.9 Å². The first kappa shape index (κ1) is 6.99. The highest BCUT2D eigenvalue weighted by Crippen LogP contribution is 2.21. The summed E-state index contributed by atoms with van der Waals surface area (Å²) in [5, 5.41) is 18.0. The summed E-state index contributed by atoms with van der Waals surface area (Å²) in [4.78, 5) is 0. The number of ether oxygens (including phenoxy) is 1. The van der Waals surface area contributed by atoms with Crippen LogP contribution in [0.15, 0.2) is 23.4 Å². The van der Waals surface area contributed by atoms with Gasteiger partial charge in [-0.25, -0.2) is 0 Å². The van der Waals surface area contributed by atoms with E-state index < -0.39 is 0 Å². The smallest absolute Gasteiger partial charge is 0.195 e. The molecule has 3 nitrogen and oxygen atoms in total. The molecule has 3 heteroatoms. The van der Waals surface area contributed by atoms with E-state index in [0.29, 0.717) is 12.2 Å². The highest BCUT2D eigenvalue weighted by Gasteiger charge is 2.13. The molecule has 0 spiro atoms. The van der Waals surface area contributed by atoms with E-state index >= 15 is 0 Å². The van der Waals surface area contributed by atoms with E-state index in [2.05, 4.69) is 0 Å². The molecule has 0 bridgehead atoms. The van der Waals surface area contributed by atoms with Gasteiger partial charge in [-0.05, 0) is 12.5 Å². The lowest BCUT2D eigenvalue weighted by Gasteiger charge is -2.11. The molecular weight excluding hydrogens is 132 g/mol. The van der Waals surface area contributed by atoms with Crippen LogP contribution in [0.25, 0.3) is 0 Å². The lowest BCUT2D eigenvalue weighted by Crippen LogP contribution is -2.01. The topological polar surface area (TPSA) is 49.7 Å². The van der Waals surface area contributed by atoms with Crippen molar-refractivity contribution in [2.45, 2.75) is 12.8 Å². The minimum absolute atomic E-state index is 0.0805. The summed E-state index contributed by atoms with van der Waals surface area (Å²) in [7, 11) is 1.48. The Morgan fingerprint density at radius 2 is 2.20 bits per heavy atom. The molecule has 1 aliphatic rings. The van der Waals surface area contributed by atoms with Crippen LogP contribution >= 0.6 is 0 Å². The minimum atomic E-state index is -0.131. The molecule has 1 rings (SSSR count). The van der Waals surface area contributed by atoms with Crippen LogP contribution in [0.4, 0.5) is 0 Å². The van der Waals surface area contributed by atoms with Gasteiger partial charge in [-0.1, -0.05) is 0 Å². The standard InChI is InChI=1S/C7H10O3/c1-10-6-4-2-3-5(8)7(6)9/h3,8-9H,2,4H2,1H3. The van der Waals surface area contributed by atoms with Crippen molar-refractivity contribution in [1.29, 1.82) is 0 Å². The van der Waals surface area contributed by atoms with Crippen LogP contribution in [-0.4, -0.2) is 17.3 Å². The van der Waals surface area contributed by atoms with Crippen molar-refractivity contribution in [3.8, 4) is 0 Å². The van der Waals surface area contributed by atoms with Crippen LogP contribution in [-0.2, 0) is 4.74 Å². The highest BCUT2D eigenvalue weighted by molar-refractivity contribution is 5.24. The fraction of sp³-hybridized carbons (Fsp3) is 0.429. The quantitative estimate of drug-likeness (QED) is 0.585. The zero-order valence-electron chi connectivity index (χ0n) is 5.79. The fourth-order valence-corrected chi connectivity index (χ4v) is 0.897. The molecule has 0 saturated heterocycles. The van der Waals surface area contributed by atoms with Gasteiger partial charge in [-0.15, -0.1) is 0 Å². The number of aliphatic hydroxyl groups is 2. The zero-order chi connectivity index (χ0) is 7.56. The van der Waals surface area contributed by atoms with Crippen molar-refractivity contribution in [3.63, 3.8) is 0 Å². The monoisotopic (exact) mass is 142 g/mol. The van der Waals surface area contributed by atoms with Gasteiger partial charge in [0.2, 0.25) is 0 Å². The molecule has 0 saturated carbocycles. The molecule has 10 heavy (non-hydrogen) atoms. The Labute approximate surface area is 59.2 Å². The number of hydrogen-bond acceptors (Lipinski definition) is 3. The second kappa shape index (κ2) is 2.64. The van der Waals surface area contributed by atoms with Crippen molar-refractivity contribution in [3.05, 3.63) is 23.4 Å². The van der Waals surface area contributed by atoms with Gasteiger partial charge >= 0.3 is 0 Å². The van der Waals surface area contributed by atoms with Crippen LogP contribution in [0.5, 0.6) is 0 Å². The summed E-state index contributed by atoms with van der Waals surface area (Å²) in [6, 6.07) is 0. The molecule has 0 unspecified atom stereocenters. The molecule has 0 aromatic heterocycles. The molecule has 0 aromatic rings. The predicted molar refractivity (Wildman–Crippen MR) is 36.6 cm³/mol. The van der Waals surface area contributed by atoms with Gasteiger partial charge in [0.15, 0.2) is 11.5 Å². The van der Waals surface area contributed by atoms with E-state index in [1.807, 2.05) is 0 Å². The van der Waals surface area contributed by atoms with Gasteiger partial charge in [0.1, 0.15) is 5.76 Å². The molecular formula is C7H10O3. The van der Waals surface area contributed by atoms with Crippen LogP contribution in [0.2, 0.25) is 0 Å². The van der Waals surface area contributed by atoms with Gasteiger partial charge in [-0.2, -0.15) is 0 Å². The molecule has 0 amide bonds. The van der Waals surface area contributed by atoms with Crippen molar-refractivity contribution in [1.82, 2.24) is 0 Å². The molecule has 56 valence electrons. The Kier molecular flexibility index (Phi) is 1.85. The Morgan fingerprint density at radius 3 is 2.70 bits per heavy atom. The third-order valence-corrected chi connectivity index (χ3v) is 1.46. The maximum absolute atomic E-state index is 9.07. The molecule has 0 heterocycles. The fourth-order valence-electron chi connectivity index (χ4n) is 0.897. The van der Waals surface area contributed by atoms with Crippen LogP contribution in [0.1, 0.15) is 12.8 Å². The highest BCUT2D eigenvalue weighted by atomic mass is 16.5. The number of rotatable bonds is 1. The number of hydrogen-bond donors (Lipinski definition) is 2. The molecule has 0 atom stereocenters. The van der Waals surface area contributed by atoms with E-state index in [9.17, 15) is 0 Å². The summed E-state index contributed by atoms with van der Waals surface area (Å²) >= 11 is 0. The molecule has 0 aromatic carbocycles. The first-order chi connectivity index (χ1) is 4.75. The van der Waals surface area contributed by atoms with Gasteiger partial charge in [0.05, 0.1) is 7.11 Å². The van der Waals surface area contributed by atoms with Crippen molar-refractivity contribution < 1.29 is 14.9 Å². The minimum Gasteiger partial charge on any atom is -0.504 e. The summed E-state index contributed by atoms with van der Waals surface area (Å²) in [6.07, 6.45) is 2.95. The number of methoxy groups -OCH3 is 1. The maximum Gasteiger partial charge on any atom is 0.195 e. The first-order valence-electron chi connectivity index (χ1n) is 3.11. The summed E-state index contributed by atoms with van der Waals surface area (Å²) < 4.78 is 4.80. The summed E-state index contributed by atoms with van der Waals surface area (Å²) in [6.45, 7) is 0. The molecule has 0 fully saturated rings. The number of aliphatic hydroxyl groups excluding tert-OH is 2. The van der Waals surface area contributed by atoms with Gasteiger partial charge in [0, 0.05) is 6.42 Å². The molecule has 1 aliphatic carbocycles. The summed E-state index contributed by atoms with van der Waals surface area (Å²) in [5.74, 6) is 0.247. The Balaban J connectivity index is 2.85. The lowest BCUT2D eigenvalue weighted by atomic mass is 10.1. The maximum atomic E-state index is 9.07. The average molecular weight is 142 g/mol. The third-order valence-electron chi connectivity index (χ3n) is 1.46. The Bertz CT molecular complexity index is 191. The van der Waals surface area contributed by atoms with Crippen molar-refractivity contribution >= 4 is 0 Å². The Hall–Kier alpha value is -1.12. The Morgan fingerprint density at radius 1 is 1.50 bits per heavy atom. The van der Waals surface area contributed by atoms with E-state index in [1.54, 1.807) is 6.08 Å². The van der Waals surface area contributed by atoms with Crippen molar-refractivity contribution in [2.24, 2.45) is 0 Å². The molecule has 0 aliphatic heterocycles. The largest absolute Gasteiger partial charge is 0.504 e. The lowest BCUT2D eigenvalue weighted by molar-refractivity contribution is 0.222. The first-order valence-corrected chi connectivity index (χ1v) is 3.11. The van der Waals surface area contributed by atoms with Crippen LogP contribution < -0.4 is 0 Å². The van der Waals surface area contributed by atoms with Gasteiger partial charge in [-0.3, -0.25) is 0 Å². The third kappa shape index (κ3) is 1.07. The molecule has 2 N–H and O–H groups in total. The molecule has 0 radical (unpaired) electrons. The second-order valence-corrected chi connectivity index (χ2v) is 2.10. The summed E-state index contributed by atoms with van der Waals surface area (Å²) in [5.41, 5.74) is 0. The second-order valence-electron chi connectivity index (χ2n) is 2.10. The zero-order valence-corrected chi connectivity index (χ0v) is 5.79. The SMILES string of the molecule is COC1=C(O)C(O)=CCC1. The van der Waals surface area contributed by atoms with Gasteiger partial charge in [0.25, 0.3) is 0 Å². The normalized spacial score (nSPS) is 18.7. The van der Waals surface area contributed by atoms with Crippen molar-refractivity contribution in [2.75, 3.05) is 7.11 Å². The van der Waals surface area contributed by atoms with E-state index in [0.717, 1.165) is 6.42 Å².